The predicted molar refractivity (Wildman–Crippen MR) is 69.6 cm³/mol. The molecule has 0 saturated heterocycles. The summed E-state index contributed by atoms with van der Waals surface area (Å²) in [6, 6.07) is 0. The Labute approximate surface area is 129 Å². The van der Waals surface area contributed by atoms with Crippen LogP contribution in [0.25, 0.3) is 0 Å². The van der Waals surface area contributed by atoms with Crippen molar-refractivity contribution in [1.29, 1.82) is 0 Å². The second kappa shape index (κ2) is 9.93. The van der Waals surface area contributed by atoms with E-state index in [1.165, 1.54) is 0 Å². The van der Waals surface area contributed by atoms with Crippen molar-refractivity contribution >= 4 is 11.9 Å². The van der Waals surface area contributed by atoms with E-state index in [1.54, 1.807) is 6.92 Å². The second-order valence-corrected chi connectivity index (χ2v) is 4.20. The summed E-state index contributed by atoms with van der Waals surface area (Å²) in [4.78, 5) is 21.0. The van der Waals surface area contributed by atoms with Gasteiger partial charge in [-0.1, -0.05) is 13.2 Å². The van der Waals surface area contributed by atoms with Gasteiger partial charge in [-0.2, -0.15) is 22.0 Å². The normalized spacial score (nSPS) is 11.0. The van der Waals surface area contributed by atoms with E-state index in [4.69, 9.17) is 5.11 Å². The van der Waals surface area contributed by atoms with Crippen LogP contribution in [0.3, 0.4) is 0 Å². The van der Waals surface area contributed by atoms with Gasteiger partial charge in [-0.25, -0.2) is 9.59 Å². The zero-order valence-corrected chi connectivity index (χ0v) is 12.5. The summed E-state index contributed by atoms with van der Waals surface area (Å²) in [5.41, 5.74) is 0.103. The van der Waals surface area contributed by atoms with Crippen LogP contribution in [0.2, 0.25) is 0 Å². The fourth-order valence-electron chi connectivity index (χ4n) is 0.623. The van der Waals surface area contributed by atoms with Gasteiger partial charge in [-0.05, 0) is 13.8 Å². The zero-order valence-electron chi connectivity index (χ0n) is 12.5. The number of ether oxygens (including phenoxy) is 2. The van der Waals surface area contributed by atoms with E-state index >= 15 is 0 Å². The lowest BCUT2D eigenvalue weighted by Crippen LogP contribution is -2.41. The van der Waals surface area contributed by atoms with Crippen molar-refractivity contribution in [1.82, 2.24) is 0 Å². The molecule has 1 N–H and O–H groups in total. The van der Waals surface area contributed by atoms with E-state index in [-0.39, 0.29) is 18.8 Å². The van der Waals surface area contributed by atoms with E-state index in [9.17, 15) is 31.5 Å². The number of aliphatic hydroxyl groups excluding tert-OH is 1. The molecular formula is C13H17F5O5. The molecule has 0 aliphatic rings. The molecule has 0 aromatic carbocycles. The van der Waals surface area contributed by atoms with Gasteiger partial charge in [0.25, 0.3) is 0 Å². The van der Waals surface area contributed by atoms with Gasteiger partial charge in [0.15, 0.2) is 6.61 Å². The molecule has 134 valence electrons. The summed E-state index contributed by atoms with van der Waals surface area (Å²) < 4.78 is 67.0. The molecule has 0 aliphatic carbocycles. The van der Waals surface area contributed by atoms with Crippen LogP contribution < -0.4 is 0 Å². The van der Waals surface area contributed by atoms with Crippen LogP contribution in [-0.2, 0) is 19.1 Å². The van der Waals surface area contributed by atoms with Gasteiger partial charge in [0, 0.05) is 11.1 Å². The molecule has 0 atom stereocenters. The summed E-state index contributed by atoms with van der Waals surface area (Å²) in [6.07, 6.45) is -5.72. The largest absolute Gasteiger partial charge is 0.460 e. The third-order valence-corrected chi connectivity index (χ3v) is 1.82. The van der Waals surface area contributed by atoms with Crippen molar-refractivity contribution in [2.24, 2.45) is 0 Å². The number of halogens is 5. The summed E-state index contributed by atoms with van der Waals surface area (Å²) in [6.45, 7) is 6.94. The molecule has 0 heterocycles. The number of carbonyl (C=O) groups is 2. The fourth-order valence-corrected chi connectivity index (χ4v) is 0.623. The van der Waals surface area contributed by atoms with Gasteiger partial charge in [-0.3, -0.25) is 0 Å². The Hall–Kier alpha value is -1.97. The quantitative estimate of drug-likeness (QED) is 0.453. The molecule has 0 rings (SSSR count). The highest BCUT2D eigenvalue weighted by Gasteiger charge is 2.58. The molecule has 0 saturated carbocycles. The highest BCUT2D eigenvalue weighted by molar-refractivity contribution is 5.87. The molecule has 10 heteroatoms. The summed E-state index contributed by atoms with van der Waals surface area (Å²) in [7, 11) is 0. The third-order valence-electron chi connectivity index (χ3n) is 1.82. The molecule has 0 aliphatic heterocycles. The standard InChI is InChI=1S/C7H7F5O2.C6H10O3/c1-4(2)5(13)14-3-6(8,9)7(10,11)12;1-5(2)6(8)9-4-3-7/h1,3H2,2H3;7H,1,3-4H2,2H3. The number of esters is 2. The summed E-state index contributed by atoms with van der Waals surface area (Å²) in [5.74, 6) is -6.77. The van der Waals surface area contributed by atoms with Gasteiger partial charge in [0.1, 0.15) is 6.61 Å². The Morgan fingerprint density at radius 3 is 1.65 bits per heavy atom. The Morgan fingerprint density at radius 1 is 0.957 bits per heavy atom. The molecule has 0 aromatic rings. The van der Waals surface area contributed by atoms with Gasteiger partial charge < -0.3 is 14.6 Å². The number of hydrogen-bond acceptors (Lipinski definition) is 5. The molecule has 0 radical (unpaired) electrons. The van der Waals surface area contributed by atoms with Crippen molar-refractivity contribution in [3.8, 4) is 0 Å². The van der Waals surface area contributed by atoms with E-state index in [2.05, 4.69) is 22.6 Å². The smallest absolute Gasteiger partial charge is 0.456 e. The van der Waals surface area contributed by atoms with Crippen molar-refractivity contribution in [3.63, 3.8) is 0 Å². The highest BCUT2D eigenvalue weighted by Crippen LogP contribution is 2.35. The molecule has 0 fully saturated rings. The van der Waals surface area contributed by atoms with Crippen LogP contribution in [0.1, 0.15) is 13.8 Å². The Morgan fingerprint density at radius 2 is 1.35 bits per heavy atom. The molecule has 0 spiro atoms. The van der Waals surface area contributed by atoms with Crippen LogP contribution in [-0.4, -0.2) is 49.0 Å². The fraction of sp³-hybridized carbons (Fsp3) is 0.538. The van der Waals surface area contributed by atoms with Gasteiger partial charge in [0.05, 0.1) is 6.61 Å². The van der Waals surface area contributed by atoms with Crippen molar-refractivity contribution < 1.29 is 46.1 Å². The molecule has 0 bridgehead atoms. The molecule has 5 nitrogen and oxygen atoms in total. The van der Waals surface area contributed by atoms with Gasteiger partial charge in [0.2, 0.25) is 0 Å². The van der Waals surface area contributed by atoms with Crippen molar-refractivity contribution in [2.45, 2.75) is 25.9 Å². The Bertz CT molecular complexity index is 443. The first-order chi connectivity index (χ1) is 10.3. The molecule has 0 unspecified atom stereocenters. The Kier molecular flexibility index (Phi) is 10.1. The first-order valence-electron chi connectivity index (χ1n) is 5.97. The van der Waals surface area contributed by atoms with Crippen molar-refractivity contribution in [3.05, 3.63) is 24.3 Å². The highest BCUT2D eigenvalue weighted by atomic mass is 19.4. The maximum atomic E-state index is 12.1. The first kappa shape index (κ1) is 23.3. The average Bonchev–Trinajstić information content (AvgIpc) is 2.41. The number of aliphatic hydroxyl groups is 1. The zero-order chi connectivity index (χ0) is 18.8. The summed E-state index contributed by atoms with van der Waals surface area (Å²) >= 11 is 0. The minimum Gasteiger partial charge on any atom is -0.460 e. The lowest BCUT2D eigenvalue weighted by molar-refractivity contribution is -0.293. The minimum absolute atomic E-state index is 0.0473. The minimum atomic E-state index is -5.72. The maximum absolute atomic E-state index is 12.1. The van der Waals surface area contributed by atoms with E-state index < -0.39 is 30.6 Å². The van der Waals surface area contributed by atoms with Crippen LogP contribution in [0.5, 0.6) is 0 Å². The van der Waals surface area contributed by atoms with Crippen LogP contribution >= 0.6 is 0 Å². The lowest BCUT2D eigenvalue weighted by atomic mass is 10.3. The van der Waals surface area contributed by atoms with Crippen LogP contribution in [0, 0.1) is 0 Å². The Balaban J connectivity index is 0. The maximum Gasteiger partial charge on any atom is 0.456 e. The molecule has 0 amide bonds. The van der Waals surface area contributed by atoms with Crippen molar-refractivity contribution in [2.75, 3.05) is 19.8 Å². The first-order valence-corrected chi connectivity index (χ1v) is 5.97. The number of carbonyl (C=O) groups excluding carboxylic acids is 2. The molecular weight excluding hydrogens is 331 g/mol. The number of alkyl halides is 5. The topological polar surface area (TPSA) is 72.8 Å². The lowest BCUT2D eigenvalue weighted by Gasteiger charge is -2.18. The second-order valence-electron chi connectivity index (χ2n) is 4.20. The SMILES string of the molecule is C=C(C)C(=O)OCC(F)(F)C(F)(F)F.C=C(C)C(=O)OCCO. The average molecular weight is 348 g/mol. The summed E-state index contributed by atoms with van der Waals surface area (Å²) in [5, 5.41) is 8.19. The third kappa shape index (κ3) is 10.4. The molecule has 0 aromatic heterocycles. The van der Waals surface area contributed by atoms with Crippen LogP contribution in [0.4, 0.5) is 22.0 Å². The van der Waals surface area contributed by atoms with E-state index in [1.807, 2.05) is 0 Å². The predicted octanol–water partition coefficient (Wildman–Crippen LogP) is 2.40. The van der Waals surface area contributed by atoms with E-state index in [0.717, 1.165) is 6.92 Å². The van der Waals surface area contributed by atoms with E-state index in [0.29, 0.717) is 5.57 Å². The van der Waals surface area contributed by atoms with Gasteiger partial charge in [-0.15, -0.1) is 0 Å². The van der Waals surface area contributed by atoms with Crippen LogP contribution in [0.15, 0.2) is 24.3 Å². The van der Waals surface area contributed by atoms with Gasteiger partial charge >= 0.3 is 24.0 Å². The number of rotatable bonds is 6. The number of hydrogen-bond donors (Lipinski definition) is 1. The monoisotopic (exact) mass is 348 g/mol. The molecule has 23 heavy (non-hydrogen) atoms.